The number of aryl methyl sites for hydroxylation is 1. The number of halogens is 1. The number of aliphatic imine (C=N–C) groups is 1. The molecule has 0 aliphatic heterocycles. The molecule has 1 amide bonds. The van der Waals surface area contributed by atoms with Crippen LogP contribution in [0.25, 0.3) is 10.9 Å². The second-order valence-electron chi connectivity index (χ2n) is 5.94. The van der Waals surface area contributed by atoms with Gasteiger partial charge in [-0.1, -0.05) is 48.5 Å². The third kappa shape index (κ3) is 5.36. The van der Waals surface area contributed by atoms with Gasteiger partial charge in [0.1, 0.15) is 5.69 Å². The van der Waals surface area contributed by atoms with E-state index < -0.39 is 0 Å². The number of rotatable bonds is 6. The zero-order chi connectivity index (χ0) is 17.5. The summed E-state index contributed by atoms with van der Waals surface area (Å²) in [5.74, 6) is -0.214. The third-order valence-electron chi connectivity index (χ3n) is 4.02. The summed E-state index contributed by atoms with van der Waals surface area (Å²) in [5.41, 5.74) is 8.49. The number of fused-ring (bicyclic) bond motifs is 1. The summed E-state index contributed by atoms with van der Waals surface area (Å²) in [7, 11) is 0. The largest absolute Gasteiger partial charge is 0.370 e. The predicted molar refractivity (Wildman–Crippen MR) is 109 cm³/mol. The normalized spacial score (nSPS) is 11.2. The number of amides is 1. The van der Waals surface area contributed by atoms with Crippen LogP contribution in [-0.2, 0) is 6.42 Å². The first-order valence-corrected chi connectivity index (χ1v) is 8.46. The van der Waals surface area contributed by atoms with Gasteiger partial charge in [-0.05, 0) is 37.0 Å². The lowest BCUT2D eigenvalue weighted by molar-refractivity contribution is 0.0998. The number of nitrogens with zero attached hydrogens (tertiary/aromatic N) is 1. The van der Waals surface area contributed by atoms with Crippen LogP contribution in [0.2, 0.25) is 0 Å². The molecular weight excluding hydrogens is 348 g/mol. The minimum absolute atomic E-state index is 0. The van der Waals surface area contributed by atoms with Crippen molar-refractivity contribution in [2.75, 3.05) is 6.54 Å². The van der Waals surface area contributed by atoms with Crippen LogP contribution in [0.15, 0.2) is 65.7 Å². The highest BCUT2D eigenvalue weighted by Crippen LogP contribution is 2.15. The van der Waals surface area contributed by atoms with E-state index in [1.807, 2.05) is 42.5 Å². The lowest BCUT2D eigenvalue weighted by atomic mass is 10.1. The molecule has 1 aromatic heterocycles. The lowest BCUT2D eigenvalue weighted by Crippen LogP contribution is -2.33. The smallest absolute Gasteiger partial charge is 0.296 e. The predicted octanol–water partition coefficient (Wildman–Crippen LogP) is 3.66. The van der Waals surface area contributed by atoms with Crippen LogP contribution < -0.4 is 11.1 Å². The molecule has 0 radical (unpaired) electrons. The number of carbonyl (C=O) groups excluding carboxylic acids is 1. The molecule has 0 fully saturated rings. The highest BCUT2D eigenvalue weighted by molar-refractivity contribution is 6.03. The van der Waals surface area contributed by atoms with E-state index in [2.05, 4.69) is 27.4 Å². The van der Waals surface area contributed by atoms with Crippen molar-refractivity contribution in [2.45, 2.75) is 19.3 Å². The monoisotopic (exact) mass is 370 g/mol. The second kappa shape index (κ2) is 9.63. The van der Waals surface area contributed by atoms with E-state index >= 15 is 0 Å². The molecule has 0 unspecified atom stereocenters. The quantitative estimate of drug-likeness (QED) is 0.352. The summed E-state index contributed by atoms with van der Waals surface area (Å²) < 4.78 is 0. The van der Waals surface area contributed by atoms with Gasteiger partial charge < -0.3 is 16.0 Å². The Labute approximate surface area is 159 Å². The summed E-state index contributed by atoms with van der Waals surface area (Å²) >= 11 is 0. The fraction of sp³-hybridized carbons (Fsp3) is 0.200. The highest BCUT2D eigenvalue weighted by Gasteiger charge is 2.08. The first-order valence-electron chi connectivity index (χ1n) is 8.46. The van der Waals surface area contributed by atoms with Gasteiger partial charge in [0.25, 0.3) is 5.91 Å². The maximum absolute atomic E-state index is 12.2. The van der Waals surface area contributed by atoms with Crippen molar-refractivity contribution in [2.24, 2.45) is 10.7 Å². The molecule has 0 bridgehead atoms. The number of hydrogen-bond acceptors (Lipinski definition) is 1. The van der Waals surface area contributed by atoms with Gasteiger partial charge in [-0.3, -0.25) is 4.79 Å². The van der Waals surface area contributed by atoms with Crippen LogP contribution in [0.3, 0.4) is 0 Å². The molecular formula is C20H23ClN4O. The van der Waals surface area contributed by atoms with E-state index in [0.29, 0.717) is 12.2 Å². The van der Waals surface area contributed by atoms with Crippen molar-refractivity contribution in [1.82, 2.24) is 10.3 Å². The van der Waals surface area contributed by atoms with Gasteiger partial charge in [0.05, 0.1) is 0 Å². The molecule has 0 atom stereocenters. The van der Waals surface area contributed by atoms with Crippen molar-refractivity contribution < 1.29 is 4.79 Å². The SMILES string of the molecule is Cl.NC(=NC(=O)c1cc2ccccc2[nH]1)NCCCCc1ccccc1. The fourth-order valence-corrected chi connectivity index (χ4v) is 2.71. The van der Waals surface area contributed by atoms with Crippen molar-refractivity contribution in [3.8, 4) is 0 Å². The van der Waals surface area contributed by atoms with Crippen molar-refractivity contribution >= 4 is 35.2 Å². The molecule has 26 heavy (non-hydrogen) atoms. The lowest BCUT2D eigenvalue weighted by Gasteiger charge is -2.05. The standard InChI is InChI=1S/C20H22N4O.ClH/c21-20(22-13-7-6-10-15-8-2-1-3-9-15)24-19(25)18-14-16-11-4-5-12-17(16)23-18;/h1-5,8-9,11-12,14,23H,6-7,10,13H2,(H3,21,22,24,25);1H. The van der Waals surface area contributed by atoms with Crippen molar-refractivity contribution in [3.05, 3.63) is 71.9 Å². The van der Waals surface area contributed by atoms with Crippen LogP contribution in [0.4, 0.5) is 0 Å². The molecule has 136 valence electrons. The summed E-state index contributed by atoms with van der Waals surface area (Å²) in [6.07, 6.45) is 3.06. The molecule has 3 rings (SSSR count). The minimum Gasteiger partial charge on any atom is -0.370 e. The first-order chi connectivity index (χ1) is 12.2. The van der Waals surface area contributed by atoms with Gasteiger partial charge in [0.15, 0.2) is 5.96 Å². The molecule has 5 nitrogen and oxygen atoms in total. The summed E-state index contributed by atoms with van der Waals surface area (Å²) in [4.78, 5) is 19.1. The Bertz CT molecular complexity index is 841. The Balaban J connectivity index is 0.00000243. The van der Waals surface area contributed by atoms with Crippen LogP contribution in [0, 0.1) is 0 Å². The molecule has 2 aromatic carbocycles. The van der Waals surface area contributed by atoms with Crippen LogP contribution >= 0.6 is 12.4 Å². The molecule has 0 spiro atoms. The number of unbranched alkanes of at least 4 members (excludes halogenated alkanes) is 1. The molecule has 6 heteroatoms. The van der Waals surface area contributed by atoms with Gasteiger partial charge >= 0.3 is 0 Å². The van der Waals surface area contributed by atoms with E-state index in [4.69, 9.17) is 5.73 Å². The van der Waals surface area contributed by atoms with Gasteiger partial charge in [-0.25, -0.2) is 0 Å². The number of H-pyrrole nitrogens is 1. The Morgan fingerprint density at radius 2 is 1.77 bits per heavy atom. The molecule has 3 aromatic rings. The van der Waals surface area contributed by atoms with Crippen LogP contribution in [-0.4, -0.2) is 23.4 Å². The van der Waals surface area contributed by atoms with Gasteiger partial charge in [-0.15, -0.1) is 12.4 Å². The number of aromatic amines is 1. The average Bonchev–Trinajstić information content (AvgIpc) is 3.06. The number of carbonyl (C=O) groups is 1. The van der Waals surface area contributed by atoms with Gasteiger partial charge in [-0.2, -0.15) is 4.99 Å². The average molecular weight is 371 g/mol. The minimum atomic E-state index is -0.370. The first kappa shape index (κ1) is 19.5. The molecule has 0 aliphatic carbocycles. The summed E-state index contributed by atoms with van der Waals surface area (Å²) in [6.45, 7) is 0.697. The van der Waals surface area contributed by atoms with E-state index in [9.17, 15) is 4.79 Å². The van der Waals surface area contributed by atoms with Crippen LogP contribution in [0.1, 0.15) is 28.9 Å². The summed E-state index contributed by atoms with van der Waals surface area (Å²) in [6, 6.07) is 19.9. The number of nitrogens with two attached hydrogens (primary N) is 1. The maximum Gasteiger partial charge on any atom is 0.296 e. The number of aromatic nitrogens is 1. The maximum atomic E-state index is 12.2. The zero-order valence-corrected chi connectivity index (χ0v) is 15.3. The fourth-order valence-electron chi connectivity index (χ4n) is 2.71. The van der Waals surface area contributed by atoms with E-state index in [0.717, 1.165) is 30.2 Å². The highest BCUT2D eigenvalue weighted by atomic mass is 35.5. The Kier molecular flexibility index (Phi) is 7.24. The third-order valence-corrected chi connectivity index (χ3v) is 4.02. The number of guanidine groups is 1. The number of hydrogen-bond donors (Lipinski definition) is 3. The Morgan fingerprint density at radius 1 is 1.04 bits per heavy atom. The Hall–Kier alpha value is -2.79. The van der Waals surface area contributed by atoms with E-state index in [1.54, 1.807) is 6.07 Å². The van der Waals surface area contributed by atoms with E-state index in [1.165, 1.54) is 5.56 Å². The van der Waals surface area contributed by atoms with Gasteiger partial charge in [0.2, 0.25) is 0 Å². The van der Waals surface area contributed by atoms with Gasteiger partial charge in [0, 0.05) is 17.4 Å². The number of benzene rings is 2. The summed E-state index contributed by atoms with van der Waals surface area (Å²) in [5, 5.41) is 3.98. The van der Waals surface area contributed by atoms with Crippen molar-refractivity contribution in [1.29, 1.82) is 0 Å². The zero-order valence-electron chi connectivity index (χ0n) is 14.4. The number of para-hydroxylation sites is 1. The Morgan fingerprint density at radius 3 is 2.54 bits per heavy atom. The van der Waals surface area contributed by atoms with Crippen molar-refractivity contribution in [3.63, 3.8) is 0 Å². The topological polar surface area (TPSA) is 83.3 Å². The van der Waals surface area contributed by atoms with E-state index in [-0.39, 0.29) is 24.3 Å². The molecule has 0 aliphatic rings. The number of nitrogens with one attached hydrogen (secondary N) is 2. The molecule has 0 saturated carbocycles. The molecule has 1 heterocycles. The second-order valence-corrected chi connectivity index (χ2v) is 5.94. The molecule has 0 saturated heterocycles. The molecule has 4 N–H and O–H groups in total. The van der Waals surface area contributed by atoms with Crippen LogP contribution in [0.5, 0.6) is 0 Å².